The van der Waals surface area contributed by atoms with Crippen molar-refractivity contribution in [3.63, 3.8) is 0 Å². The highest BCUT2D eigenvalue weighted by atomic mass is 16.5. The van der Waals surface area contributed by atoms with Gasteiger partial charge in [-0.2, -0.15) is 0 Å². The molecule has 1 unspecified atom stereocenters. The Labute approximate surface area is 225 Å². The number of nitrogen functional groups attached to an aromatic ring is 2. The zero-order chi connectivity index (χ0) is 26.5. The molecule has 0 amide bonds. The van der Waals surface area contributed by atoms with Crippen LogP contribution in [0, 0.1) is 46.3 Å². The number of benzene rings is 1. The number of nitrogens with two attached hydrogens (primary N) is 2. The third-order valence-corrected chi connectivity index (χ3v) is 11.7. The average molecular weight is 509 g/mol. The van der Waals surface area contributed by atoms with Crippen molar-refractivity contribution < 1.29 is 9.84 Å². The van der Waals surface area contributed by atoms with Gasteiger partial charge in [0.25, 0.3) is 0 Å². The SMILES string of the molecule is CC(C)CCC[C@@H](C)[C@H]1CC[C@H]2[C@@H]3CC=C4C[C@@H](O)CC(Oc5ccc(N)cc5N)[C@]4(C)[C@H]3CC[C@]12C. The van der Waals surface area contributed by atoms with Crippen LogP contribution in [0.1, 0.15) is 98.8 Å². The van der Waals surface area contributed by atoms with E-state index in [1.54, 1.807) is 6.07 Å². The summed E-state index contributed by atoms with van der Waals surface area (Å²) >= 11 is 0. The first kappa shape index (κ1) is 26.9. The Kier molecular flexibility index (Phi) is 7.37. The van der Waals surface area contributed by atoms with E-state index in [1.807, 2.05) is 12.1 Å². The minimum atomic E-state index is -0.354. The molecule has 0 aromatic heterocycles. The fourth-order valence-electron chi connectivity index (χ4n) is 9.70. The van der Waals surface area contributed by atoms with Crippen molar-refractivity contribution >= 4 is 11.4 Å². The zero-order valence-corrected chi connectivity index (χ0v) is 24.0. The molecule has 1 aromatic carbocycles. The lowest BCUT2D eigenvalue weighted by atomic mass is 9.46. The predicted molar refractivity (Wildman–Crippen MR) is 154 cm³/mol. The van der Waals surface area contributed by atoms with Crippen LogP contribution in [-0.2, 0) is 0 Å². The number of fused-ring (bicyclic) bond motifs is 5. The van der Waals surface area contributed by atoms with E-state index in [4.69, 9.17) is 16.2 Å². The smallest absolute Gasteiger partial charge is 0.142 e. The fraction of sp³-hybridized carbons (Fsp3) is 0.758. The van der Waals surface area contributed by atoms with Gasteiger partial charge in [0.1, 0.15) is 11.9 Å². The standard InChI is InChI=1S/C33H52N2O2/c1-20(2)7-6-8-21(3)26-12-13-27-25-11-9-22-17-24(36)19-31(37-30-14-10-23(34)18-29(30)35)33(22,5)28(25)15-16-32(26,27)4/h9-10,14,18,20-21,24-28,31,36H,6-8,11-13,15-17,19,34-35H2,1-5H3/t21-,24-,25+,26-,27+,28+,31?,32-,33+/m1/s1. The van der Waals surface area contributed by atoms with Gasteiger partial charge in [-0.1, -0.05) is 65.5 Å². The molecule has 0 spiro atoms. The van der Waals surface area contributed by atoms with E-state index in [9.17, 15) is 5.11 Å². The highest BCUT2D eigenvalue weighted by Gasteiger charge is 2.61. The number of aliphatic hydroxyl groups is 1. The van der Waals surface area contributed by atoms with Crippen LogP contribution >= 0.6 is 0 Å². The molecule has 4 heteroatoms. The van der Waals surface area contributed by atoms with E-state index in [1.165, 1.54) is 56.9 Å². The van der Waals surface area contributed by atoms with Gasteiger partial charge in [0.2, 0.25) is 0 Å². The molecule has 0 aliphatic heterocycles. The molecule has 1 aromatic rings. The number of ether oxygens (including phenoxy) is 1. The second-order valence-corrected chi connectivity index (χ2v) is 14.2. The van der Waals surface area contributed by atoms with Crippen LogP contribution in [0.15, 0.2) is 29.8 Å². The molecule has 0 radical (unpaired) electrons. The van der Waals surface area contributed by atoms with Gasteiger partial charge in [0, 0.05) is 17.5 Å². The molecule has 3 saturated carbocycles. The Morgan fingerprint density at radius 1 is 1.05 bits per heavy atom. The van der Waals surface area contributed by atoms with Crippen molar-refractivity contribution in [2.75, 3.05) is 11.5 Å². The van der Waals surface area contributed by atoms with Gasteiger partial charge >= 0.3 is 0 Å². The van der Waals surface area contributed by atoms with E-state index < -0.39 is 0 Å². The number of anilines is 2. The molecule has 0 saturated heterocycles. The molecule has 5 rings (SSSR count). The first-order chi connectivity index (χ1) is 17.5. The van der Waals surface area contributed by atoms with E-state index in [2.05, 4.69) is 40.7 Å². The fourth-order valence-corrected chi connectivity index (χ4v) is 9.70. The second-order valence-electron chi connectivity index (χ2n) is 14.2. The van der Waals surface area contributed by atoms with Gasteiger partial charge in [0.05, 0.1) is 11.8 Å². The number of rotatable bonds is 7. The van der Waals surface area contributed by atoms with Crippen molar-refractivity contribution in [2.45, 2.75) is 111 Å². The van der Waals surface area contributed by atoms with Crippen molar-refractivity contribution in [1.82, 2.24) is 0 Å². The third kappa shape index (κ3) is 4.70. The summed E-state index contributed by atoms with van der Waals surface area (Å²) in [6.45, 7) is 12.4. The summed E-state index contributed by atoms with van der Waals surface area (Å²) in [6, 6.07) is 5.55. The maximum Gasteiger partial charge on any atom is 0.142 e. The zero-order valence-electron chi connectivity index (χ0n) is 24.0. The second kappa shape index (κ2) is 10.1. The van der Waals surface area contributed by atoms with Crippen molar-refractivity contribution in [3.8, 4) is 5.75 Å². The minimum absolute atomic E-state index is 0.0573. The number of aliphatic hydroxyl groups excluding tert-OH is 1. The molecule has 4 aliphatic carbocycles. The Balaban J connectivity index is 1.39. The van der Waals surface area contributed by atoms with Gasteiger partial charge in [-0.3, -0.25) is 0 Å². The van der Waals surface area contributed by atoms with Crippen molar-refractivity contribution in [1.29, 1.82) is 0 Å². The molecule has 0 bridgehead atoms. The van der Waals surface area contributed by atoms with Crippen LogP contribution < -0.4 is 16.2 Å². The molecule has 4 aliphatic rings. The summed E-state index contributed by atoms with van der Waals surface area (Å²) in [4.78, 5) is 0. The highest BCUT2D eigenvalue weighted by molar-refractivity contribution is 5.60. The normalized spacial score (nSPS) is 39.9. The van der Waals surface area contributed by atoms with Gasteiger partial charge in [-0.25, -0.2) is 0 Å². The average Bonchev–Trinajstić information content (AvgIpc) is 3.18. The van der Waals surface area contributed by atoms with Crippen LogP contribution in [0.5, 0.6) is 5.75 Å². The molecule has 9 atom stereocenters. The monoisotopic (exact) mass is 508 g/mol. The van der Waals surface area contributed by atoms with E-state index in [0.29, 0.717) is 40.8 Å². The lowest BCUT2D eigenvalue weighted by Gasteiger charge is -2.60. The summed E-state index contributed by atoms with van der Waals surface area (Å²) < 4.78 is 6.71. The molecule has 5 N–H and O–H groups in total. The van der Waals surface area contributed by atoms with Gasteiger partial charge in [0.15, 0.2) is 0 Å². The molecule has 0 heterocycles. The Morgan fingerprint density at radius 3 is 2.57 bits per heavy atom. The van der Waals surface area contributed by atoms with Crippen LogP contribution in [0.2, 0.25) is 0 Å². The summed E-state index contributed by atoms with van der Waals surface area (Å²) in [7, 11) is 0. The van der Waals surface area contributed by atoms with Gasteiger partial charge in [-0.15, -0.1) is 0 Å². The van der Waals surface area contributed by atoms with E-state index in [0.717, 1.165) is 30.1 Å². The summed E-state index contributed by atoms with van der Waals surface area (Å²) in [5.74, 6) is 5.31. The highest BCUT2D eigenvalue weighted by Crippen LogP contribution is 2.67. The first-order valence-corrected chi connectivity index (χ1v) is 15.2. The quantitative estimate of drug-likeness (QED) is 0.261. The van der Waals surface area contributed by atoms with Crippen LogP contribution in [0.3, 0.4) is 0 Å². The predicted octanol–water partition coefficient (Wildman–Crippen LogP) is 7.61. The van der Waals surface area contributed by atoms with Gasteiger partial charge in [-0.05, 0) is 97.6 Å². The summed E-state index contributed by atoms with van der Waals surface area (Å²) in [5.41, 5.74) is 15.3. The van der Waals surface area contributed by atoms with Crippen molar-refractivity contribution in [2.24, 2.45) is 46.3 Å². The molecule has 4 nitrogen and oxygen atoms in total. The number of allylic oxidation sites excluding steroid dienone is 1. The number of hydrogen-bond donors (Lipinski definition) is 3. The Bertz CT molecular complexity index is 1000. The third-order valence-electron chi connectivity index (χ3n) is 11.7. The summed E-state index contributed by atoms with van der Waals surface area (Å²) in [5, 5.41) is 10.8. The topological polar surface area (TPSA) is 81.5 Å². The van der Waals surface area contributed by atoms with Crippen LogP contribution in [0.4, 0.5) is 11.4 Å². The van der Waals surface area contributed by atoms with E-state index >= 15 is 0 Å². The molecule has 37 heavy (non-hydrogen) atoms. The largest absolute Gasteiger partial charge is 0.487 e. The lowest BCUT2D eigenvalue weighted by Crippen LogP contribution is -2.57. The summed E-state index contributed by atoms with van der Waals surface area (Å²) in [6.07, 6.45) is 14.2. The molecule has 206 valence electrons. The van der Waals surface area contributed by atoms with E-state index in [-0.39, 0.29) is 17.6 Å². The molecular weight excluding hydrogens is 456 g/mol. The van der Waals surface area contributed by atoms with Crippen LogP contribution in [0.25, 0.3) is 0 Å². The molecular formula is C33H52N2O2. The lowest BCUT2D eigenvalue weighted by molar-refractivity contribution is -0.0995. The Hall–Kier alpha value is -1.68. The maximum atomic E-state index is 10.8. The first-order valence-electron chi connectivity index (χ1n) is 15.2. The Morgan fingerprint density at radius 2 is 1.84 bits per heavy atom. The maximum absolute atomic E-state index is 10.8. The molecule has 3 fully saturated rings. The minimum Gasteiger partial charge on any atom is -0.487 e. The van der Waals surface area contributed by atoms with Gasteiger partial charge < -0.3 is 21.3 Å². The van der Waals surface area contributed by atoms with Crippen LogP contribution in [-0.4, -0.2) is 17.3 Å². The number of hydrogen-bond acceptors (Lipinski definition) is 4. The van der Waals surface area contributed by atoms with Crippen molar-refractivity contribution in [3.05, 3.63) is 29.8 Å².